The molecule has 0 spiro atoms. The Morgan fingerprint density at radius 2 is 1.38 bits per heavy atom. The van der Waals surface area contributed by atoms with Gasteiger partial charge in [-0.1, -0.05) is 66.7 Å². The van der Waals surface area contributed by atoms with Crippen molar-refractivity contribution in [2.75, 3.05) is 5.32 Å². The number of nitrogens with one attached hydrogen (secondary N) is 2. The summed E-state index contributed by atoms with van der Waals surface area (Å²) in [7, 11) is 0. The van der Waals surface area contributed by atoms with Crippen molar-refractivity contribution in [1.29, 1.82) is 0 Å². The molecular formula is C27H23N3O2. The summed E-state index contributed by atoms with van der Waals surface area (Å²) in [6.07, 6.45) is 0. The Morgan fingerprint density at radius 1 is 0.719 bits per heavy atom. The maximum Gasteiger partial charge on any atom is 0.273 e. The van der Waals surface area contributed by atoms with Crippen molar-refractivity contribution in [3.63, 3.8) is 0 Å². The smallest absolute Gasteiger partial charge is 0.273 e. The van der Waals surface area contributed by atoms with Gasteiger partial charge in [-0.3, -0.25) is 9.59 Å². The molecule has 0 heterocycles. The van der Waals surface area contributed by atoms with E-state index < -0.39 is 5.91 Å². The molecule has 2 N–H and O–H groups in total. The molecular weight excluding hydrogens is 398 g/mol. The van der Waals surface area contributed by atoms with Crippen LogP contribution in [0.3, 0.4) is 0 Å². The molecule has 0 saturated heterocycles. The van der Waals surface area contributed by atoms with Gasteiger partial charge in [-0.25, -0.2) is 5.43 Å². The predicted octanol–water partition coefficient (Wildman–Crippen LogP) is 5.55. The van der Waals surface area contributed by atoms with E-state index in [0.29, 0.717) is 22.5 Å². The number of carbonyl (C=O) groups excluding carboxylic acids is 2. The van der Waals surface area contributed by atoms with Crippen LogP contribution in [0, 0.1) is 6.92 Å². The molecule has 0 bridgehead atoms. The molecule has 5 heteroatoms. The lowest BCUT2D eigenvalue weighted by Crippen LogP contribution is -2.22. The van der Waals surface area contributed by atoms with Crippen LogP contribution >= 0.6 is 0 Å². The summed E-state index contributed by atoms with van der Waals surface area (Å²) in [5, 5.41) is 9.37. The van der Waals surface area contributed by atoms with Crippen molar-refractivity contribution in [2.24, 2.45) is 5.10 Å². The van der Waals surface area contributed by atoms with Gasteiger partial charge in [-0.2, -0.15) is 5.10 Å². The van der Waals surface area contributed by atoms with Crippen LogP contribution in [-0.2, 0) is 0 Å². The highest BCUT2D eigenvalue weighted by molar-refractivity contribution is 6.10. The zero-order chi connectivity index (χ0) is 22.5. The number of hydrazone groups is 1. The van der Waals surface area contributed by atoms with Crippen LogP contribution in [0.4, 0.5) is 5.69 Å². The van der Waals surface area contributed by atoms with Gasteiger partial charge in [-0.05, 0) is 60.0 Å². The van der Waals surface area contributed by atoms with Crippen molar-refractivity contribution < 1.29 is 9.59 Å². The summed E-state index contributed by atoms with van der Waals surface area (Å²) in [5.74, 6) is -0.662. The fourth-order valence-corrected chi connectivity index (χ4v) is 3.48. The van der Waals surface area contributed by atoms with E-state index in [0.717, 1.165) is 21.9 Å². The number of para-hydroxylation sites is 1. The minimum Gasteiger partial charge on any atom is -0.321 e. The lowest BCUT2D eigenvalue weighted by Gasteiger charge is -2.11. The van der Waals surface area contributed by atoms with Crippen molar-refractivity contribution >= 4 is 34.0 Å². The first kappa shape index (κ1) is 21.0. The number of rotatable bonds is 5. The van der Waals surface area contributed by atoms with E-state index in [2.05, 4.69) is 21.9 Å². The molecule has 0 unspecified atom stereocenters. The van der Waals surface area contributed by atoms with Gasteiger partial charge in [-0.15, -0.1) is 0 Å². The van der Waals surface area contributed by atoms with Gasteiger partial charge < -0.3 is 5.32 Å². The second-order valence-electron chi connectivity index (χ2n) is 7.51. The van der Waals surface area contributed by atoms with Gasteiger partial charge in [0.25, 0.3) is 11.8 Å². The maximum absolute atomic E-state index is 12.8. The molecule has 0 atom stereocenters. The highest BCUT2D eigenvalue weighted by Gasteiger charge is 2.15. The Morgan fingerprint density at radius 3 is 2.16 bits per heavy atom. The minimum absolute atomic E-state index is 0.265. The van der Waals surface area contributed by atoms with E-state index in [1.165, 1.54) is 0 Å². The van der Waals surface area contributed by atoms with Gasteiger partial charge in [0, 0.05) is 5.56 Å². The molecule has 4 rings (SSSR count). The molecule has 0 aliphatic heterocycles. The number of carbonyl (C=O) groups is 2. The third kappa shape index (κ3) is 4.57. The Kier molecular flexibility index (Phi) is 6.08. The first-order chi connectivity index (χ1) is 15.5. The first-order valence-electron chi connectivity index (χ1n) is 10.3. The van der Waals surface area contributed by atoms with Gasteiger partial charge in [0.05, 0.1) is 17.0 Å². The molecule has 32 heavy (non-hydrogen) atoms. The third-order valence-corrected chi connectivity index (χ3v) is 5.30. The fourth-order valence-electron chi connectivity index (χ4n) is 3.48. The molecule has 0 aliphatic rings. The summed E-state index contributed by atoms with van der Waals surface area (Å²) < 4.78 is 0. The molecule has 158 valence electrons. The number of anilines is 1. The van der Waals surface area contributed by atoms with E-state index in [1.54, 1.807) is 30.3 Å². The molecule has 0 aliphatic carbocycles. The average Bonchev–Trinajstić information content (AvgIpc) is 2.82. The Hall–Kier alpha value is -4.25. The summed E-state index contributed by atoms with van der Waals surface area (Å²) in [6, 6.07) is 28.3. The number of fused-ring (bicyclic) bond motifs is 1. The van der Waals surface area contributed by atoms with Gasteiger partial charge in [0.1, 0.15) is 0 Å². The van der Waals surface area contributed by atoms with E-state index >= 15 is 0 Å². The van der Waals surface area contributed by atoms with E-state index in [1.807, 2.05) is 68.4 Å². The monoisotopic (exact) mass is 421 g/mol. The van der Waals surface area contributed by atoms with Crippen molar-refractivity contribution in [1.82, 2.24) is 5.43 Å². The Labute approximate surface area is 186 Å². The van der Waals surface area contributed by atoms with Gasteiger partial charge in [0.2, 0.25) is 0 Å². The number of hydrogen-bond acceptors (Lipinski definition) is 3. The number of benzene rings is 4. The zero-order valence-corrected chi connectivity index (χ0v) is 17.9. The van der Waals surface area contributed by atoms with Crippen LogP contribution in [0.1, 0.15) is 38.8 Å². The van der Waals surface area contributed by atoms with Gasteiger partial charge in [0.15, 0.2) is 0 Å². The summed E-state index contributed by atoms with van der Waals surface area (Å²) in [6.45, 7) is 3.72. The largest absolute Gasteiger partial charge is 0.321 e. The van der Waals surface area contributed by atoms with Crippen LogP contribution in [-0.4, -0.2) is 17.5 Å². The molecule has 4 aromatic rings. The van der Waals surface area contributed by atoms with E-state index in [4.69, 9.17) is 0 Å². The molecule has 0 radical (unpaired) electrons. The zero-order valence-electron chi connectivity index (χ0n) is 17.9. The van der Waals surface area contributed by atoms with Crippen LogP contribution in [0.5, 0.6) is 0 Å². The lowest BCUT2D eigenvalue weighted by atomic mass is 10.0. The van der Waals surface area contributed by atoms with E-state index in [-0.39, 0.29) is 5.91 Å². The van der Waals surface area contributed by atoms with Crippen LogP contribution < -0.4 is 10.7 Å². The molecule has 0 saturated carbocycles. The predicted molar refractivity (Wildman–Crippen MR) is 129 cm³/mol. The summed E-state index contributed by atoms with van der Waals surface area (Å²) in [4.78, 5) is 25.5. The Balaban J connectivity index is 1.52. The SMILES string of the molecule is C/C(=N/NC(=O)c1ccccc1NC(=O)c1ccccc1C)c1ccc2ccccc2c1. The highest BCUT2D eigenvalue weighted by atomic mass is 16.2. The second kappa shape index (κ2) is 9.27. The standard InChI is InChI=1S/C27H23N3O2/c1-18-9-3-6-12-23(18)26(31)28-25-14-8-7-13-24(25)27(32)30-29-19(2)21-16-15-20-10-4-5-11-22(20)17-21/h3-17H,1-2H3,(H,28,31)(H,30,32)/b29-19-. The normalized spacial score (nSPS) is 11.2. The minimum atomic E-state index is -0.397. The van der Waals surface area contributed by atoms with Crippen molar-refractivity contribution in [2.45, 2.75) is 13.8 Å². The third-order valence-electron chi connectivity index (χ3n) is 5.30. The van der Waals surface area contributed by atoms with Crippen molar-refractivity contribution in [3.05, 3.63) is 113 Å². The van der Waals surface area contributed by atoms with Crippen LogP contribution in [0.15, 0.2) is 96.1 Å². The highest BCUT2D eigenvalue weighted by Crippen LogP contribution is 2.18. The average molecular weight is 422 g/mol. The lowest BCUT2D eigenvalue weighted by molar-refractivity contribution is 0.0955. The first-order valence-corrected chi connectivity index (χ1v) is 10.3. The molecule has 5 nitrogen and oxygen atoms in total. The van der Waals surface area contributed by atoms with Crippen LogP contribution in [0.25, 0.3) is 10.8 Å². The summed E-state index contributed by atoms with van der Waals surface area (Å²) in [5.41, 5.74) is 6.41. The summed E-state index contributed by atoms with van der Waals surface area (Å²) >= 11 is 0. The van der Waals surface area contributed by atoms with E-state index in [9.17, 15) is 9.59 Å². The van der Waals surface area contributed by atoms with Crippen LogP contribution in [0.2, 0.25) is 0 Å². The molecule has 0 fully saturated rings. The quantitative estimate of drug-likeness (QED) is 0.327. The van der Waals surface area contributed by atoms with Crippen molar-refractivity contribution in [3.8, 4) is 0 Å². The topological polar surface area (TPSA) is 70.6 Å². The number of amides is 2. The second-order valence-corrected chi connectivity index (χ2v) is 7.51. The number of nitrogens with zero attached hydrogens (tertiary/aromatic N) is 1. The maximum atomic E-state index is 12.8. The number of aryl methyl sites for hydroxylation is 1. The Bertz CT molecular complexity index is 1340. The number of hydrogen-bond donors (Lipinski definition) is 2. The molecule has 0 aromatic heterocycles. The molecule has 4 aromatic carbocycles. The van der Waals surface area contributed by atoms with Gasteiger partial charge >= 0.3 is 0 Å². The fraction of sp³-hybridized carbons (Fsp3) is 0.0741. The molecule has 2 amide bonds.